The minimum atomic E-state index is 0.0676. The predicted octanol–water partition coefficient (Wildman–Crippen LogP) is 5.83. The maximum Gasteiger partial charge on any atom is 0.223 e. The van der Waals surface area contributed by atoms with Crippen LogP contribution < -0.4 is 9.47 Å². The Hall–Kier alpha value is -3.73. The Morgan fingerprint density at radius 3 is 2.41 bits per heavy atom. The fourth-order valence-corrected chi connectivity index (χ4v) is 3.77. The lowest BCUT2D eigenvalue weighted by molar-refractivity contribution is -0.132. The molecule has 5 heteroatoms. The summed E-state index contributed by atoms with van der Waals surface area (Å²) in [5.41, 5.74) is 1.07. The van der Waals surface area contributed by atoms with Crippen molar-refractivity contribution in [1.82, 2.24) is 4.90 Å². The average molecular weight is 430 g/mol. The quantitative estimate of drug-likeness (QED) is 0.298. The van der Waals surface area contributed by atoms with E-state index < -0.39 is 0 Å². The van der Waals surface area contributed by atoms with Crippen LogP contribution in [0.25, 0.3) is 10.8 Å². The molecule has 0 saturated carbocycles. The highest BCUT2D eigenvalue weighted by atomic mass is 16.5. The van der Waals surface area contributed by atoms with Crippen molar-refractivity contribution < 1.29 is 18.7 Å². The normalized spacial score (nSPS) is 10.8. The highest BCUT2D eigenvalue weighted by Crippen LogP contribution is 2.29. The number of furan rings is 1. The third kappa shape index (κ3) is 5.30. The Labute approximate surface area is 188 Å². The molecule has 0 atom stereocenters. The molecule has 32 heavy (non-hydrogen) atoms. The topological polar surface area (TPSA) is 51.9 Å². The third-order valence-electron chi connectivity index (χ3n) is 5.38. The summed E-state index contributed by atoms with van der Waals surface area (Å²) in [6.45, 7) is 1.41. The summed E-state index contributed by atoms with van der Waals surface area (Å²) >= 11 is 0. The number of carbonyl (C=O) groups excluding carboxylic acids is 1. The number of fused-ring (bicyclic) bond motifs is 1. The number of carbonyl (C=O) groups is 1. The van der Waals surface area contributed by atoms with Crippen molar-refractivity contribution in [3.05, 3.63) is 96.4 Å². The van der Waals surface area contributed by atoms with E-state index in [1.807, 2.05) is 77.7 Å². The lowest BCUT2D eigenvalue weighted by Crippen LogP contribution is -2.30. The van der Waals surface area contributed by atoms with Crippen molar-refractivity contribution in [2.24, 2.45) is 0 Å². The molecule has 1 amide bonds. The highest BCUT2D eigenvalue weighted by Gasteiger charge is 2.18. The van der Waals surface area contributed by atoms with Crippen molar-refractivity contribution in [2.75, 3.05) is 13.7 Å². The maximum absolute atomic E-state index is 13.1. The standard InChI is InChI=1S/C27H27NO4/c1-30-26-16-15-21(24-12-5-6-13-25(24)26)19-28(20-23-11-7-17-32-23)27(29)14-8-18-31-22-9-3-2-4-10-22/h2-7,9-13,15-17H,8,14,18-20H2,1H3. The van der Waals surface area contributed by atoms with Crippen LogP contribution >= 0.6 is 0 Å². The molecule has 0 aliphatic heterocycles. The summed E-state index contributed by atoms with van der Waals surface area (Å²) < 4.78 is 16.8. The molecular formula is C27H27NO4. The van der Waals surface area contributed by atoms with Gasteiger partial charge in [-0.15, -0.1) is 0 Å². The monoisotopic (exact) mass is 429 g/mol. The van der Waals surface area contributed by atoms with Crippen LogP contribution in [0.1, 0.15) is 24.2 Å². The molecule has 5 nitrogen and oxygen atoms in total. The third-order valence-corrected chi connectivity index (χ3v) is 5.38. The average Bonchev–Trinajstić information content (AvgIpc) is 3.35. The molecule has 0 bridgehead atoms. The van der Waals surface area contributed by atoms with Gasteiger partial charge < -0.3 is 18.8 Å². The molecule has 0 saturated heterocycles. The number of methoxy groups -OCH3 is 1. The number of amides is 1. The van der Waals surface area contributed by atoms with Crippen molar-refractivity contribution in [3.63, 3.8) is 0 Å². The Kier molecular flexibility index (Phi) is 7.08. The van der Waals surface area contributed by atoms with E-state index in [9.17, 15) is 4.79 Å². The molecule has 0 fully saturated rings. The van der Waals surface area contributed by atoms with Crippen molar-refractivity contribution in [2.45, 2.75) is 25.9 Å². The fourth-order valence-electron chi connectivity index (χ4n) is 3.77. The van der Waals surface area contributed by atoms with Gasteiger partial charge in [-0.05, 0) is 47.7 Å². The molecule has 4 rings (SSSR count). The first-order chi connectivity index (χ1) is 15.7. The number of hydrogen-bond donors (Lipinski definition) is 0. The van der Waals surface area contributed by atoms with Crippen molar-refractivity contribution in [3.8, 4) is 11.5 Å². The maximum atomic E-state index is 13.1. The summed E-state index contributed by atoms with van der Waals surface area (Å²) in [5.74, 6) is 2.47. The van der Waals surface area contributed by atoms with Crippen LogP contribution in [0.5, 0.6) is 11.5 Å². The van der Waals surface area contributed by atoms with Gasteiger partial charge in [0.2, 0.25) is 5.91 Å². The number of nitrogens with zero attached hydrogens (tertiary/aromatic N) is 1. The zero-order chi connectivity index (χ0) is 22.2. The SMILES string of the molecule is COc1ccc(CN(Cc2ccco2)C(=O)CCCOc2ccccc2)c2ccccc12. The van der Waals surface area contributed by atoms with Gasteiger partial charge in [-0.1, -0.05) is 48.5 Å². The summed E-state index contributed by atoms with van der Waals surface area (Å²) in [6.07, 6.45) is 2.68. The summed E-state index contributed by atoms with van der Waals surface area (Å²) in [7, 11) is 1.67. The highest BCUT2D eigenvalue weighted by molar-refractivity contribution is 5.91. The molecule has 0 aliphatic carbocycles. The number of para-hydroxylation sites is 1. The van der Waals surface area contributed by atoms with Gasteiger partial charge in [0.15, 0.2) is 0 Å². The lowest BCUT2D eigenvalue weighted by atomic mass is 10.0. The summed E-state index contributed by atoms with van der Waals surface area (Å²) in [4.78, 5) is 15.0. The molecule has 0 radical (unpaired) electrons. The van der Waals surface area contributed by atoms with E-state index in [-0.39, 0.29) is 5.91 Å². The van der Waals surface area contributed by atoms with Gasteiger partial charge in [0.05, 0.1) is 26.5 Å². The van der Waals surface area contributed by atoms with Crippen LogP contribution in [0.4, 0.5) is 0 Å². The van der Waals surface area contributed by atoms with Crippen LogP contribution in [0, 0.1) is 0 Å². The van der Waals surface area contributed by atoms with E-state index in [1.54, 1.807) is 13.4 Å². The Bertz CT molecular complexity index is 1140. The lowest BCUT2D eigenvalue weighted by Gasteiger charge is -2.23. The molecule has 1 aromatic heterocycles. The smallest absolute Gasteiger partial charge is 0.223 e. The van der Waals surface area contributed by atoms with E-state index in [1.165, 1.54) is 0 Å². The molecule has 0 aliphatic rings. The van der Waals surface area contributed by atoms with Gasteiger partial charge in [-0.2, -0.15) is 0 Å². The summed E-state index contributed by atoms with van der Waals surface area (Å²) in [5, 5.41) is 2.12. The van der Waals surface area contributed by atoms with Crippen LogP contribution in [0.3, 0.4) is 0 Å². The molecule has 164 valence electrons. The second-order valence-electron chi connectivity index (χ2n) is 7.57. The number of benzene rings is 3. The largest absolute Gasteiger partial charge is 0.496 e. The molecule has 0 N–H and O–H groups in total. The van der Waals surface area contributed by atoms with Gasteiger partial charge >= 0.3 is 0 Å². The first-order valence-electron chi connectivity index (χ1n) is 10.8. The minimum absolute atomic E-state index is 0.0676. The van der Waals surface area contributed by atoms with Crippen molar-refractivity contribution >= 4 is 16.7 Å². The Balaban J connectivity index is 1.47. The number of hydrogen-bond acceptors (Lipinski definition) is 4. The second-order valence-corrected chi connectivity index (χ2v) is 7.57. The molecular weight excluding hydrogens is 402 g/mol. The molecule has 1 heterocycles. The second kappa shape index (κ2) is 10.5. The molecule has 0 unspecified atom stereocenters. The fraction of sp³-hybridized carbons (Fsp3) is 0.222. The first kappa shape index (κ1) is 21.5. The first-order valence-corrected chi connectivity index (χ1v) is 10.8. The van der Waals surface area contributed by atoms with E-state index in [0.29, 0.717) is 32.5 Å². The van der Waals surface area contributed by atoms with Gasteiger partial charge in [0.25, 0.3) is 0 Å². The van der Waals surface area contributed by atoms with Crippen LogP contribution in [0.2, 0.25) is 0 Å². The van der Waals surface area contributed by atoms with Gasteiger partial charge in [-0.3, -0.25) is 4.79 Å². The summed E-state index contributed by atoms with van der Waals surface area (Å²) in [6, 6.07) is 25.5. The van der Waals surface area contributed by atoms with Crippen molar-refractivity contribution in [1.29, 1.82) is 0 Å². The van der Waals surface area contributed by atoms with Crippen LogP contribution in [-0.4, -0.2) is 24.5 Å². The zero-order valence-electron chi connectivity index (χ0n) is 18.2. The van der Waals surface area contributed by atoms with Gasteiger partial charge in [0, 0.05) is 18.4 Å². The molecule has 3 aromatic carbocycles. The van der Waals surface area contributed by atoms with Crippen LogP contribution in [0.15, 0.2) is 89.5 Å². The van der Waals surface area contributed by atoms with E-state index in [0.717, 1.165) is 33.6 Å². The number of rotatable bonds is 10. The molecule has 4 aromatic rings. The van der Waals surface area contributed by atoms with E-state index >= 15 is 0 Å². The number of ether oxygens (including phenoxy) is 2. The predicted molar refractivity (Wildman–Crippen MR) is 125 cm³/mol. The van der Waals surface area contributed by atoms with Gasteiger partial charge in [0.1, 0.15) is 17.3 Å². The van der Waals surface area contributed by atoms with Crippen LogP contribution in [-0.2, 0) is 17.9 Å². The van der Waals surface area contributed by atoms with Gasteiger partial charge in [-0.25, -0.2) is 0 Å². The zero-order valence-corrected chi connectivity index (χ0v) is 18.2. The molecule has 0 spiro atoms. The minimum Gasteiger partial charge on any atom is -0.496 e. The Morgan fingerprint density at radius 2 is 1.66 bits per heavy atom. The van der Waals surface area contributed by atoms with E-state index in [2.05, 4.69) is 6.07 Å². The Morgan fingerprint density at radius 1 is 0.875 bits per heavy atom. The van der Waals surface area contributed by atoms with E-state index in [4.69, 9.17) is 13.9 Å².